The van der Waals surface area contributed by atoms with Crippen molar-refractivity contribution < 1.29 is 19.1 Å². The molecule has 1 unspecified atom stereocenters. The molecule has 0 aliphatic carbocycles. The quantitative estimate of drug-likeness (QED) is 0.558. The molecular weight excluding hydrogens is 248 g/mol. The Bertz CT molecular complexity index is 501. The van der Waals surface area contributed by atoms with E-state index < -0.39 is 11.9 Å². The first-order valence-electron chi connectivity index (χ1n) is 5.89. The van der Waals surface area contributed by atoms with Crippen molar-refractivity contribution in [2.45, 2.75) is 6.42 Å². The molecule has 2 heterocycles. The number of methoxy groups -OCH3 is 1. The van der Waals surface area contributed by atoms with E-state index in [4.69, 9.17) is 0 Å². The lowest BCUT2D eigenvalue weighted by atomic mass is 10.1. The fourth-order valence-corrected chi connectivity index (χ4v) is 2.01. The van der Waals surface area contributed by atoms with Gasteiger partial charge in [-0.3, -0.25) is 19.4 Å². The molecule has 0 saturated carbocycles. The number of aromatic nitrogens is 1. The maximum atomic E-state index is 12.0. The molecule has 6 nitrogen and oxygen atoms in total. The smallest absolute Gasteiger partial charge is 0.318 e. The van der Waals surface area contributed by atoms with Gasteiger partial charge in [0.05, 0.1) is 20.1 Å². The van der Waals surface area contributed by atoms with Gasteiger partial charge in [-0.25, -0.2) is 0 Å². The van der Waals surface area contributed by atoms with E-state index in [1.165, 1.54) is 12.0 Å². The number of likely N-dealkylation sites (tertiary alicyclic amines) is 1. The lowest BCUT2D eigenvalue weighted by molar-refractivity contribution is -0.147. The number of carbonyl (C=O) groups is 3. The van der Waals surface area contributed by atoms with Crippen LogP contribution in [0.25, 0.3) is 0 Å². The summed E-state index contributed by atoms with van der Waals surface area (Å²) in [5.74, 6) is -1.89. The Labute approximate surface area is 110 Å². The van der Waals surface area contributed by atoms with Gasteiger partial charge in [0.25, 0.3) is 0 Å². The van der Waals surface area contributed by atoms with Crippen LogP contribution in [0.2, 0.25) is 0 Å². The van der Waals surface area contributed by atoms with E-state index in [1.54, 1.807) is 24.5 Å². The number of hydrogen-bond donors (Lipinski definition) is 0. The third-order valence-electron chi connectivity index (χ3n) is 3.05. The highest BCUT2D eigenvalue weighted by Gasteiger charge is 2.38. The van der Waals surface area contributed by atoms with Gasteiger partial charge in [-0.05, 0) is 11.6 Å². The van der Waals surface area contributed by atoms with Crippen LogP contribution in [0.3, 0.4) is 0 Å². The average molecular weight is 262 g/mol. The first-order valence-corrected chi connectivity index (χ1v) is 5.89. The summed E-state index contributed by atoms with van der Waals surface area (Å²) in [6.45, 7) is 0.0729. The minimum Gasteiger partial charge on any atom is -0.468 e. The second-order valence-corrected chi connectivity index (χ2v) is 4.35. The van der Waals surface area contributed by atoms with E-state index in [0.29, 0.717) is 0 Å². The summed E-state index contributed by atoms with van der Waals surface area (Å²) in [5, 5.41) is 0. The second kappa shape index (κ2) is 5.60. The van der Waals surface area contributed by atoms with E-state index in [9.17, 15) is 14.4 Å². The fourth-order valence-electron chi connectivity index (χ4n) is 2.01. The molecule has 1 aromatic rings. The molecule has 1 amide bonds. The number of amides is 1. The molecular formula is C13H14N2O4. The van der Waals surface area contributed by atoms with Crippen LogP contribution >= 0.6 is 0 Å². The van der Waals surface area contributed by atoms with Crippen molar-refractivity contribution in [3.05, 3.63) is 30.1 Å². The van der Waals surface area contributed by atoms with Crippen LogP contribution in [0, 0.1) is 5.92 Å². The highest BCUT2D eigenvalue weighted by molar-refractivity contribution is 6.04. The summed E-state index contributed by atoms with van der Waals surface area (Å²) < 4.78 is 4.54. The number of hydrogen-bond acceptors (Lipinski definition) is 5. The predicted octanol–water partition coefficient (Wildman–Crippen LogP) is -0.175. The minimum absolute atomic E-state index is 0.0289. The van der Waals surface area contributed by atoms with Gasteiger partial charge >= 0.3 is 5.97 Å². The lowest BCUT2D eigenvalue weighted by Gasteiger charge is -2.14. The monoisotopic (exact) mass is 262 g/mol. The van der Waals surface area contributed by atoms with Crippen LogP contribution in [0.1, 0.15) is 5.56 Å². The van der Waals surface area contributed by atoms with Gasteiger partial charge in [-0.2, -0.15) is 0 Å². The van der Waals surface area contributed by atoms with E-state index in [1.807, 2.05) is 0 Å². The third-order valence-corrected chi connectivity index (χ3v) is 3.05. The maximum Gasteiger partial charge on any atom is 0.318 e. The van der Waals surface area contributed by atoms with Crippen LogP contribution in [0.5, 0.6) is 0 Å². The van der Waals surface area contributed by atoms with Crippen LogP contribution in [-0.2, 0) is 25.5 Å². The van der Waals surface area contributed by atoms with E-state index in [-0.39, 0.29) is 31.2 Å². The Kier molecular flexibility index (Phi) is 3.89. The topological polar surface area (TPSA) is 76.6 Å². The van der Waals surface area contributed by atoms with Crippen LogP contribution < -0.4 is 0 Å². The first-order chi connectivity index (χ1) is 9.11. The summed E-state index contributed by atoms with van der Waals surface area (Å²) >= 11 is 0. The zero-order valence-corrected chi connectivity index (χ0v) is 10.5. The normalized spacial score (nSPS) is 18.5. The Morgan fingerprint density at radius 2 is 2.32 bits per heavy atom. The first kappa shape index (κ1) is 13.2. The molecule has 0 spiro atoms. The summed E-state index contributed by atoms with van der Waals surface area (Å²) in [7, 11) is 1.23. The molecule has 6 heteroatoms. The van der Waals surface area contributed by atoms with E-state index >= 15 is 0 Å². The largest absolute Gasteiger partial charge is 0.468 e. The van der Waals surface area contributed by atoms with Crippen LogP contribution in [0.15, 0.2) is 24.5 Å². The molecule has 1 saturated heterocycles. The molecule has 0 radical (unpaired) electrons. The van der Waals surface area contributed by atoms with E-state index in [0.717, 1.165) is 5.56 Å². The highest BCUT2D eigenvalue weighted by Crippen LogP contribution is 2.15. The van der Waals surface area contributed by atoms with Gasteiger partial charge in [0.15, 0.2) is 5.78 Å². The number of ketones is 1. The van der Waals surface area contributed by atoms with Crippen LogP contribution in [0.4, 0.5) is 0 Å². The van der Waals surface area contributed by atoms with Gasteiger partial charge in [-0.1, -0.05) is 6.07 Å². The summed E-state index contributed by atoms with van der Waals surface area (Å²) in [6.07, 6.45) is 3.41. The Hall–Kier alpha value is -2.24. The van der Waals surface area contributed by atoms with Crippen LogP contribution in [-0.4, -0.2) is 47.7 Å². The predicted molar refractivity (Wildman–Crippen MR) is 65.0 cm³/mol. The van der Waals surface area contributed by atoms with Crippen molar-refractivity contribution in [1.29, 1.82) is 0 Å². The number of nitrogens with zero attached hydrogens (tertiary/aromatic N) is 2. The summed E-state index contributed by atoms with van der Waals surface area (Å²) in [6, 6.07) is 3.54. The van der Waals surface area contributed by atoms with Crippen molar-refractivity contribution in [2.75, 3.05) is 20.2 Å². The Morgan fingerprint density at radius 1 is 1.53 bits per heavy atom. The van der Waals surface area contributed by atoms with Gasteiger partial charge in [0, 0.05) is 18.9 Å². The molecule has 2 rings (SSSR count). The third kappa shape index (κ3) is 2.96. The van der Waals surface area contributed by atoms with Crippen molar-refractivity contribution in [3.8, 4) is 0 Å². The molecule has 1 aromatic heterocycles. The van der Waals surface area contributed by atoms with Gasteiger partial charge in [0.1, 0.15) is 5.92 Å². The number of ether oxygens (including phenoxy) is 1. The van der Waals surface area contributed by atoms with Crippen molar-refractivity contribution >= 4 is 17.7 Å². The second-order valence-electron chi connectivity index (χ2n) is 4.35. The molecule has 0 bridgehead atoms. The highest BCUT2D eigenvalue weighted by atomic mass is 16.5. The zero-order chi connectivity index (χ0) is 13.8. The van der Waals surface area contributed by atoms with E-state index in [2.05, 4.69) is 9.72 Å². The number of esters is 1. The molecule has 0 N–H and O–H groups in total. The number of rotatable bonds is 3. The molecule has 19 heavy (non-hydrogen) atoms. The summed E-state index contributed by atoms with van der Waals surface area (Å²) in [5.41, 5.74) is 0.779. The minimum atomic E-state index is -0.845. The Balaban J connectivity index is 1.98. The number of Topliss-reactive ketones (excluding diaryl/α,β-unsaturated/α-hetero) is 1. The summed E-state index contributed by atoms with van der Waals surface area (Å²) in [4.78, 5) is 40.3. The lowest BCUT2D eigenvalue weighted by Crippen LogP contribution is -2.31. The number of carbonyl (C=O) groups excluding carboxylic acids is 3. The van der Waals surface area contributed by atoms with Crippen molar-refractivity contribution in [3.63, 3.8) is 0 Å². The molecule has 1 atom stereocenters. The SMILES string of the molecule is COC(=O)C1CN(C(=O)Cc2cccnc2)CC1=O. The maximum absolute atomic E-state index is 12.0. The molecule has 1 fully saturated rings. The molecule has 100 valence electrons. The average Bonchev–Trinajstić information content (AvgIpc) is 2.81. The van der Waals surface area contributed by atoms with Gasteiger partial charge in [-0.15, -0.1) is 0 Å². The van der Waals surface area contributed by atoms with Gasteiger partial charge < -0.3 is 9.64 Å². The van der Waals surface area contributed by atoms with Crippen molar-refractivity contribution in [2.24, 2.45) is 5.92 Å². The van der Waals surface area contributed by atoms with Gasteiger partial charge in [0.2, 0.25) is 5.91 Å². The molecule has 0 aromatic carbocycles. The fraction of sp³-hybridized carbons (Fsp3) is 0.385. The number of pyridine rings is 1. The molecule has 1 aliphatic rings. The molecule has 1 aliphatic heterocycles. The standard InChI is InChI=1S/C13H14N2O4/c1-19-13(18)10-7-15(8-11(10)16)12(17)5-9-3-2-4-14-6-9/h2-4,6,10H,5,7-8H2,1H3. The zero-order valence-electron chi connectivity index (χ0n) is 10.5. The van der Waals surface area contributed by atoms with Crippen molar-refractivity contribution in [1.82, 2.24) is 9.88 Å². The Morgan fingerprint density at radius 3 is 2.95 bits per heavy atom.